The van der Waals surface area contributed by atoms with Crippen LogP contribution in [0, 0.1) is 11.8 Å². The number of nitrogens with one attached hydrogen (secondary N) is 2. The highest BCUT2D eigenvalue weighted by atomic mass is 35.5. The predicted molar refractivity (Wildman–Crippen MR) is 102 cm³/mol. The van der Waals surface area contributed by atoms with Gasteiger partial charge in [0.25, 0.3) is 0 Å². The van der Waals surface area contributed by atoms with Gasteiger partial charge in [0.2, 0.25) is 5.91 Å². The highest BCUT2D eigenvalue weighted by Gasteiger charge is 2.31. The van der Waals surface area contributed by atoms with E-state index in [0.29, 0.717) is 12.0 Å². The first-order chi connectivity index (χ1) is 11.1. The lowest BCUT2D eigenvalue weighted by atomic mass is 9.88. The van der Waals surface area contributed by atoms with Gasteiger partial charge in [-0.05, 0) is 62.8 Å². The number of hydrogen-bond donors (Lipinski definition) is 2. The summed E-state index contributed by atoms with van der Waals surface area (Å²) in [5.41, 5.74) is 1.15. The van der Waals surface area contributed by atoms with Gasteiger partial charge in [-0.3, -0.25) is 4.79 Å². The number of rotatable bonds is 4. The fourth-order valence-electron chi connectivity index (χ4n) is 4.11. The van der Waals surface area contributed by atoms with Gasteiger partial charge in [-0.25, -0.2) is 0 Å². The topological polar surface area (TPSA) is 41.1 Å². The molecule has 5 heteroatoms. The smallest absolute Gasteiger partial charge is 0.223 e. The first-order valence-corrected chi connectivity index (χ1v) is 9.30. The van der Waals surface area contributed by atoms with Gasteiger partial charge in [0.1, 0.15) is 0 Å². The average molecular weight is 371 g/mol. The number of carbonyl (C=O) groups is 1. The van der Waals surface area contributed by atoms with E-state index in [2.05, 4.69) is 23.6 Å². The summed E-state index contributed by atoms with van der Waals surface area (Å²) in [5, 5.41) is 7.53. The number of hydrogen-bond acceptors (Lipinski definition) is 2. The van der Waals surface area contributed by atoms with Crippen molar-refractivity contribution in [2.24, 2.45) is 11.8 Å². The van der Waals surface area contributed by atoms with Crippen molar-refractivity contribution in [3.63, 3.8) is 0 Å². The number of carbonyl (C=O) groups excluding carboxylic acids is 1. The zero-order valence-corrected chi connectivity index (χ0v) is 15.8. The van der Waals surface area contributed by atoms with Crippen LogP contribution in [-0.4, -0.2) is 18.5 Å². The van der Waals surface area contributed by atoms with Crippen molar-refractivity contribution in [2.45, 2.75) is 57.5 Å². The lowest BCUT2D eigenvalue weighted by Gasteiger charge is -2.31. The molecule has 2 fully saturated rings. The van der Waals surface area contributed by atoms with E-state index in [4.69, 9.17) is 11.6 Å². The second-order valence-corrected chi connectivity index (χ2v) is 7.60. The van der Waals surface area contributed by atoms with E-state index in [9.17, 15) is 4.79 Å². The molecule has 0 radical (unpaired) electrons. The Bertz CT molecular complexity index is 546. The van der Waals surface area contributed by atoms with E-state index in [1.807, 2.05) is 18.2 Å². The van der Waals surface area contributed by atoms with Crippen LogP contribution < -0.4 is 10.6 Å². The first-order valence-electron chi connectivity index (χ1n) is 8.92. The van der Waals surface area contributed by atoms with Gasteiger partial charge in [-0.15, -0.1) is 12.4 Å². The molecule has 134 valence electrons. The van der Waals surface area contributed by atoms with E-state index < -0.39 is 0 Å². The molecule has 1 heterocycles. The monoisotopic (exact) mass is 370 g/mol. The molecule has 0 bridgehead atoms. The molecule has 1 aliphatic heterocycles. The van der Waals surface area contributed by atoms with Crippen molar-refractivity contribution in [1.82, 2.24) is 10.6 Å². The standard InChI is InChI=1S/C19H27ClN2O.ClH/c1-13-11-16(9-10-21-13)19(23)22-18(14-5-2-3-6-14)15-7-4-8-17(20)12-15;/h4,7-8,12-14,16,18,21H,2-3,5-6,9-11H2,1H3,(H,22,23);1H/t13-,16-,18?;/m0./s1. The maximum Gasteiger partial charge on any atom is 0.223 e. The number of amides is 1. The molecule has 2 N–H and O–H groups in total. The predicted octanol–water partition coefficient (Wildman–Crippen LogP) is 4.50. The summed E-state index contributed by atoms with van der Waals surface area (Å²) in [6.07, 6.45) is 6.78. The molecular formula is C19H28Cl2N2O. The summed E-state index contributed by atoms with van der Waals surface area (Å²) in [6, 6.07) is 8.52. The maximum absolute atomic E-state index is 12.8. The van der Waals surface area contributed by atoms with E-state index in [1.54, 1.807) is 0 Å². The minimum Gasteiger partial charge on any atom is -0.349 e. The van der Waals surface area contributed by atoms with Gasteiger partial charge in [0, 0.05) is 17.0 Å². The van der Waals surface area contributed by atoms with Crippen LogP contribution in [0.25, 0.3) is 0 Å². The van der Waals surface area contributed by atoms with Gasteiger partial charge in [-0.2, -0.15) is 0 Å². The second-order valence-electron chi connectivity index (χ2n) is 7.16. The largest absolute Gasteiger partial charge is 0.349 e. The van der Waals surface area contributed by atoms with Gasteiger partial charge < -0.3 is 10.6 Å². The van der Waals surface area contributed by atoms with Crippen LogP contribution >= 0.6 is 24.0 Å². The van der Waals surface area contributed by atoms with Crippen LogP contribution in [0.1, 0.15) is 57.1 Å². The fourth-order valence-corrected chi connectivity index (χ4v) is 4.30. The minimum absolute atomic E-state index is 0. The highest BCUT2D eigenvalue weighted by Crippen LogP contribution is 2.36. The quantitative estimate of drug-likeness (QED) is 0.818. The number of benzene rings is 1. The molecule has 3 nitrogen and oxygen atoms in total. The highest BCUT2D eigenvalue weighted by molar-refractivity contribution is 6.30. The van der Waals surface area contributed by atoms with Gasteiger partial charge in [0.15, 0.2) is 0 Å². The van der Waals surface area contributed by atoms with Crippen molar-refractivity contribution in [3.05, 3.63) is 34.9 Å². The van der Waals surface area contributed by atoms with Crippen LogP contribution in [-0.2, 0) is 4.79 Å². The SMILES string of the molecule is C[C@H]1C[C@@H](C(=O)NC(c2cccc(Cl)c2)C2CCCC2)CCN1.Cl. The van der Waals surface area contributed by atoms with Crippen molar-refractivity contribution >= 4 is 29.9 Å². The normalized spacial score (nSPS) is 25.8. The Hall–Kier alpha value is -0.770. The molecule has 1 aromatic rings. The lowest BCUT2D eigenvalue weighted by molar-refractivity contribution is -0.127. The molecule has 1 saturated carbocycles. The molecule has 2 aliphatic rings. The Balaban J connectivity index is 0.00000208. The maximum atomic E-state index is 12.8. The molecular weight excluding hydrogens is 343 g/mol. The Kier molecular flexibility index (Phi) is 7.39. The third-order valence-electron chi connectivity index (χ3n) is 5.37. The molecule has 24 heavy (non-hydrogen) atoms. The Morgan fingerprint density at radius 3 is 2.71 bits per heavy atom. The third-order valence-corrected chi connectivity index (χ3v) is 5.61. The Morgan fingerprint density at radius 2 is 2.04 bits per heavy atom. The van der Waals surface area contributed by atoms with Crippen molar-refractivity contribution in [1.29, 1.82) is 0 Å². The summed E-state index contributed by atoms with van der Waals surface area (Å²) in [7, 11) is 0. The third kappa shape index (κ3) is 4.87. The van der Waals surface area contributed by atoms with Crippen molar-refractivity contribution in [3.8, 4) is 0 Å². The van der Waals surface area contributed by atoms with Crippen LogP contribution in [0.3, 0.4) is 0 Å². The van der Waals surface area contributed by atoms with Gasteiger partial charge in [0.05, 0.1) is 6.04 Å². The summed E-state index contributed by atoms with van der Waals surface area (Å²) in [6.45, 7) is 3.09. The summed E-state index contributed by atoms with van der Waals surface area (Å²) in [4.78, 5) is 12.8. The van der Waals surface area contributed by atoms with Crippen LogP contribution in [0.4, 0.5) is 0 Å². The zero-order valence-electron chi connectivity index (χ0n) is 14.3. The van der Waals surface area contributed by atoms with E-state index in [-0.39, 0.29) is 30.3 Å². The molecule has 0 spiro atoms. The minimum atomic E-state index is 0. The summed E-state index contributed by atoms with van der Waals surface area (Å²) >= 11 is 6.18. The zero-order chi connectivity index (χ0) is 16.2. The van der Waals surface area contributed by atoms with Crippen molar-refractivity contribution in [2.75, 3.05) is 6.54 Å². The van der Waals surface area contributed by atoms with Gasteiger partial charge >= 0.3 is 0 Å². The Labute approximate surface area is 156 Å². The molecule has 1 unspecified atom stereocenters. The van der Waals surface area contributed by atoms with Crippen LogP contribution in [0.5, 0.6) is 0 Å². The molecule has 1 aromatic carbocycles. The fraction of sp³-hybridized carbons (Fsp3) is 0.632. The molecule has 1 amide bonds. The van der Waals surface area contributed by atoms with Crippen LogP contribution in [0.2, 0.25) is 5.02 Å². The summed E-state index contributed by atoms with van der Waals surface area (Å²) < 4.78 is 0. The van der Waals surface area contributed by atoms with E-state index in [1.165, 1.54) is 25.7 Å². The molecule has 3 atom stereocenters. The van der Waals surface area contributed by atoms with Crippen LogP contribution in [0.15, 0.2) is 24.3 Å². The molecule has 1 saturated heterocycles. The lowest BCUT2D eigenvalue weighted by Crippen LogP contribution is -2.44. The first kappa shape index (κ1) is 19.6. The number of halogens is 2. The molecule has 3 rings (SSSR count). The molecule has 1 aliphatic carbocycles. The number of piperidine rings is 1. The molecule has 0 aromatic heterocycles. The van der Waals surface area contributed by atoms with E-state index in [0.717, 1.165) is 30.0 Å². The average Bonchev–Trinajstić information content (AvgIpc) is 3.06. The van der Waals surface area contributed by atoms with E-state index >= 15 is 0 Å². The Morgan fingerprint density at radius 1 is 1.29 bits per heavy atom. The van der Waals surface area contributed by atoms with Crippen molar-refractivity contribution < 1.29 is 4.79 Å². The van der Waals surface area contributed by atoms with Gasteiger partial charge in [-0.1, -0.05) is 36.6 Å². The summed E-state index contributed by atoms with van der Waals surface area (Å²) in [5.74, 6) is 0.890. The second kappa shape index (κ2) is 9.07.